The van der Waals surface area contributed by atoms with Crippen molar-refractivity contribution in [1.82, 2.24) is 10.3 Å². The SMILES string of the molecule is Cc1ccc(-c2ccc(C(=O)NC[C@H]3CC[C@@H](Nc4cc(N(C)C)c5ccccc5n4)CC3)o2)c([N+](=O)[O-])c1. The number of nitrogens with one attached hydrogen (secondary N) is 2. The number of hydrogen-bond acceptors (Lipinski definition) is 7. The summed E-state index contributed by atoms with van der Waals surface area (Å²) in [5, 5.41) is 19.2. The van der Waals surface area contributed by atoms with Crippen molar-refractivity contribution in [2.45, 2.75) is 38.6 Å². The van der Waals surface area contributed by atoms with Crippen molar-refractivity contribution in [1.29, 1.82) is 0 Å². The van der Waals surface area contributed by atoms with Crippen LogP contribution < -0.4 is 15.5 Å². The molecule has 0 radical (unpaired) electrons. The van der Waals surface area contributed by atoms with Crippen LogP contribution in [0, 0.1) is 23.0 Å². The van der Waals surface area contributed by atoms with Crippen LogP contribution in [0.1, 0.15) is 41.8 Å². The molecule has 2 aromatic heterocycles. The Bertz CT molecular complexity index is 1500. The number of fused-ring (bicyclic) bond motifs is 1. The molecule has 1 aliphatic carbocycles. The average molecular weight is 528 g/mol. The molecule has 202 valence electrons. The zero-order valence-corrected chi connectivity index (χ0v) is 22.4. The van der Waals surface area contributed by atoms with Crippen molar-refractivity contribution in [3.05, 3.63) is 82.1 Å². The normalized spacial score (nSPS) is 17.1. The molecule has 0 spiro atoms. The van der Waals surface area contributed by atoms with Crippen molar-refractivity contribution in [3.63, 3.8) is 0 Å². The Kier molecular flexibility index (Phi) is 7.49. The van der Waals surface area contributed by atoms with Gasteiger partial charge in [-0.3, -0.25) is 14.9 Å². The van der Waals surface area contributed by atoms with E-state index in [0.717, 1.165) is 53.7 Å². The summed E-state index contributed by atoms with van der Waals surface area (Å²) in [5.41, 5.74) is 3.21. The summed E-state index contributed by atoms with van der Waals surface area (Å²) in [6.45, 7) is 2.36. The monoisotopic (exact) mass is 527 g/mol. The second kappa shape index (κ2) is 11.1. The molecule has 4 aromatic rings. The lowest BCUT2D eigenvalue weighted by molar-refractivity contribution is -0.384. The third kappa shape index (κ3) is 5.87. The third-order valence-electron chi connectivity index (χ3n) is 7.37. The van der Waals surface area contributed by atoms with Gasteiger partial charge in [-0.1, -0.05) is 24.3 Å². The van der Waals surface area contributed by atoms with Gasteiger partial charge in [0.25, 0.3) is 11.6 Å². The van der Waals surface area contributed by atoms with Gasteiger partial charge >= 0.3 is 0 Å². The van der Waals surface area contributed by atoms with E-state index in [4.69, 9.17) is 9.40 Å². The van der Waals surface area contributed by atoms with Crippen LogP contribution in [0.15, 0.2) is 65.1 Å². The lowest BCUT2D eigenvalue weighted by atomic mass is 9.86. The number of amides is 1. The molecule has 39 heavy (non-hydrogen) atoms. The number of rotatable bonds is 8. The Morgan fingerprint density at radius 3 is 2.59 bits per heavy atom. The first kappa shape index (κ1) is 26.2. The highest BCUT2D eigenvalue weighted by molar-refractivity contribution is 5.93. The first-order valence-corrected chi connectivity index (χ1v) is 13.3. The molecule has 2 heterocycles. The lowest BCUT2D eigenvalue weighted by Gasteiger charge is -2.30. The zero-order chi connectivity index (χ0) is 27.5. The number of hydrogen-bond donors (Lipinski definition) is 2. The van der Waals surface area contributed by atoms with Crippen LogP contribution in [0.4, 0.5) is 17.2 Å². The minimum atomic E-state index is -0.437. The Hall–Kier alpha value is -4.40. The topological polar surface area (TPSA) is 114 Å². The van der Waals surface area contributed by atoms with Gasteiger partial charge in [0.15, 0.2) is 5.76 Å². The van der Waals surface area contributed by atoms with E-state index in [9.17, 15) is 14.9 Å². The molecule has 0 bridgehead atoms. The summed E-state index contributed by atoms with van der Waals surface area (Å²) in [6, 6.07) is 18.7. The summed E-state index contributed by atoms with van der Waals surface area (Å²) in [4.78, 5) is 30.7. The number of aryl methyl sites for hydroxylation is 1. The van der Waals surface area contributed by atoms with Crippen LogP contribution in [0.3, 0.4) is 0 Å². The fourth-order valence-electron chi connectivity index (χ4n) is 5.25. The number of aromatic nitrogens is 1. The summed E-state index contributed by atoms with van der Waals surface area (Å²) in [7, 11) is 4.09. The second-order valence-corrected chi connectivity index (χ2v) is 10.5. The maximum atomic E-state index is 12.7. The summed E-state index contributed by atoms with van der Waals surface area (Å²) in [6.07, 6.45) is 3.97. The molecule has 1 amide bonds. The molecule has 1 saturated carbocycles. The molecule has 0 atom stereocenters. The number of furan rings is 1. The van der Waals surface area contributed by atoms with E-state index in [1.54, 1.807) is 31.2 Å². The molecule has 2 aromatic carbocycles. The van der Waals surface area contributed by atoms with E-state index < -0.39 is 4.92 Å². The van der Waals surface area contributed by atoms with Crippen LogP contribution in [-0.4, -0.2) is 42.5 Å². The van der Waals surface area contributed by atoms with E-state index >= 15 is 0 Å². The summed E-state index contributed by atoms with van der Waals surface area (Å²) in [5.74, 6) is 1.40. The van der Waals surface area contributed by atoms with Gasteiger partial charge in [0.05, 0.1) is 16.0 Å². The minimum Gasteiger partial charge on any atom is -0.451 e. The van der Waals surface area contributed by atoms with E-state index in [1.165, 1.54) is 6.07 Å². The molecule has 1 fully saturated rings. The van der Waals surface area contributed by atoms with Gasteiger partial charge in [-0.05, 0) is 68.4 Å². The van der Waals surface area contributed by atoms with E-state index in [2.05, 4.69) is 27.7 Å². The van der Waals surface area contributed by atoms with Crippen molar-refractivity contribution >= 4 is 34.0 Å². The number of carbonyl (C=O) groups excluding carboxylic acids is 1. The maximum Gasteiger partial charge on any atom is 0.287 e. The van der Waals surface area contributed by atoms with Gasteiger partial charge in [-0.2, -0.15) is 0 Å². The smallest absolute Gasteiger partial charge is 0.287 e. The molecule has 9 nitrogen and oxygen atoms in total. The van der Waals surface area contributed by atoms with Gasteiger partial charge in [0, 0.05) is 49.9 Å². The van der Waals surface area contributed by atoms with Crippen molar-refractivity contribution in [2.75, 3.05) is 30.9 Å². The molecule has 0 unspecified atom stereocenters. The molecule has 5 rings (SSSR count). The number of nitro groups is 1. The van der Waals surface area contributed by atoms with Gasteiger partial charge in [-0.15, -0.1) is 0 Å². The van der Waals surface area contributed by atoms with Crippen LogP contribution in [0.5, 0.6) is 0 Å². The van der Waals surface area contributed by atoms with Crippen LogP contribution in [-0.2, 0) is 0 Å². The fourth-order valence-corrected chi connectivity index (χ4v) is 5.25. The maximum absolute atomic E-state index is 12.7. The first-order valence-electron chi connectivity index (χ1n) is 13.3. The largest absolute Gasteiger partial charge is 0.451 e. The Balaban J connectivity index is 1.15. The number of carbonyl (C=O) groups is 1. The molecular formula is C30H33N5O4. The van der Waals surface area contributed by atoms with Gasteiger partial charge in [0.1, 0.15) is 11.6 Å². The minimum absolute atomic E-state index is 0.0431. The third-order valence-corrected chi connectivity index (χ3v) is 7.37. The quantitative estimate of drug-likeness (QED) is 0.208. The number of benzene rings is 2. The van der Waals surface area contributed by atoms with Gasteiger partial charge < -0.3 is 20.0 Å². The number of nitro benzene ring substituents is 1. The number of anilines is 2. The van der Waals surface area contributed by atoms with Crippen molar-refractivity contribution in [3.8, 4) is 11.3 Å². The van der Waals surface area contributed by atoms with E-state index in [-0.39, 0.29) is 17.4 Å². The first-order chi connectivity index (χ1) is 18.8. The van der Waals surface area contributed by atoms with Gasteiger partial charge in [0.2, 0.25) is 0 Å². The number of nitrogens with zero attached hydrogens (tertiary/aromatic N) is 3. The highest BCUT2D eigenvalue weighted by atomic mass is 16.6. The molecule has 2 N–H and O–H groups in total. The predicted molar refractivity (Wildman–Crippen MR) is 153 cm³/mol. The molecule has 1 aliphatic rings. The summed E-state index contributed by atoms with van der Waals surface area (Å²) >= 11 is 0. The van der Waals surface area contributed by atoms with Crippen LogP contribution >= 0.6 is 0 Å². The lowest BCUT2D eigenvalue weighted by Crippen LogP contribution is -2.34. The molecule has 0 saturated heterocycles. The predicted octanol–water partition coefficient (Wildman–Crippen LogP) is 6.18. The van der Waals surface area contributed by atoms with Crippen molar-refractivity contribution < 1.29 is 14.1 Å². The van der Waals surface area contributed by atoms with Crippen molar-refractivity contribution in [2.24, 2.45) is 5.92 Å². The van der Waals surface area contributed by atoms with E-state index in [1.807, 2.05) is 32.3 Å². The highest BCUT2D eigenvalue weighted by Gasteiger charge is 2.24. The second-order valence-electron chi connectivity index (χ2n) is 10.5. The standard InChI is InChI=1S/C30H33N5O4/c1-19-8-13-23(26(16-19)35(37)38)27-14-15-28(39-27)30(36)31-18-20-9-11-21(12-10-20)32-29-17-25(34(2)3)22-6-4-5-7-24(22)33-29/h4-8,13-17,20-21H,9-12,18H2,1-3H3,(H,31,36)(H,32,33)/t20-,21+. The molecular weight excluding hydrogens is 494 g/mol. The summed E-state index contributed by atoms with van der Waals surface area (Å²) < 4.78 is 5.71. The zero-order valence-electron chi connectivity index (χ0n) is 22.4. The average Bonchev–Trinajstić information content (AvgIpc) is 3.42. The van der Waals surface area contributed by atoms with Crippen LogP contribution in [0.2, 0.25) is 0 Å². The molecule has 0 aliphatic heterocycles. The van der Waals surface area contributed by atoms with Gasteiger partial charge in [-0.25, -0.2) is 4.98 Å². The fraction of sp³-hybridized carbons (Fsp3) is 0.333. The number of pyridine rings is 1. The Morgan fingerprint density at radius 1 is 1.08 bits per heavy atom. The molecule has 9 heteroatoms. The van der Waals surface area contributed by atoms with E-state index in [0.29, 0.717) is 29.8 Å². The highest BCUT2D eigenvalue weighted by Crippen LogP contribution is 2.33. The van der Waals surface area contributed by atoms with Crippen LogP contribution in [0.25, 0.3) is 22.2 Å². The Morgan fingerprint density at radius 2 is 1.85 bits per heavy atom. The number of para-hydroxylation sites is 1. The Labute approximate surface area is 227 Å².